The maximum atomic E-state index is 12.4. The van der Waals surface area contributed by atoms with Crippen LogP contribution < -0.4 is 11.1 Å². The van der Waals surface area contributed by atoms with Crippen molar-refractivity contribution in [3.05, 3.63) is 71.3 Å². The molecule has 5 nitrogen and oxygen atoms in total. The summed E-state index contributed by atoms with van der Waals surface area (Å²) in [5.74, 6) is -0.384. The number of nitrogens with zero attached hydrogens (tertiary/aromatic N) is 1. The monoisotopic (exact) mass is 387 g/mol. The lowest BCUT2D eigenvalue weighted by molar-refractivity contribution is -0.129. The number of nitrogens with one attached hydrogen (secondary N) is 1. The van der Waals surface area contributed by atoms with Crippen molar-refractivity contribution in [1.29, 1.82) is 0 Å². The Labute approximate surface area is 166 Å². The zero-order valence-electron chi connectivity index (χ0n) is 15.4. The summed E-state index contributed by atoms with van der Waals surface area (Å²) in [6, 6.07) is 17.5. The molecule has 0 radical (unpaired) electrons. The molecule has 6 heteroatoms. The molecule has 1 aliphatic rings. The zero-order valence-corrected chi connectivity index (χ0v) is 16.2. The Hall–Kier alpha value is -2.37. The van der Waals surface area contributed by atoms with E-state index < -0.39 is 0 Å². The Kier molecular flexibility index (Phi) is 7.39. The molecule has 1 aliphatic heterocycles. The molecule has 1 saturated heterocycles. The molecule has 0 aromatic heterocycles. The Morgan fingerprint density at radius 3 is 2.52 bits per heavy atom. The van der Waals surface area contributed by atoms with Crippen LogP contribution in [0.2, 0.25) is 0 Å². The predicted octanol–water partition coefficient (Wildman–Crippen LogP) is 2.58. The van der Waals surface area contributed by atoms with Gasteiger partial charge in [0.2, 0.25) is 11.8 Å². The number of benzene rings is 2. The second kappa shape index (κ2) is 9.53. The number of hydrogen-bond acceptors (Lipinski definition) is 3. The van der Waals surface area contributed by atoms with Gasteiger partial charge in [0.15, 0.2) is 0 Å². The minimum atomic E-state index is -0.309. The van der Waals surface area contributed by atoms with Gasteiger partial charge in [-0.25, -0.2) is 0 Å². The molecule has 1 heterocycles. The summed E-state index contributed by atoms with van der Waals surface area (Å²) >= 11 is 0. The third-order valence-electron chi connectivity index (χ3n) is 4.80. The maximum Gasteiger partial charge on any atom is 0.225 e. The highest BCUT2D eigenvalue weighted by Crippen LogP contribution is 2.21. The highest BCUT2D eigenvalue weighted by Gasteiger charge is 2.34. The molecule has 2 unspecified atom stereocenters. The second-order valence-corrected chi connectivity index (χ2v) is 6.92. The van der Waals surface area contributed by atoms with Crippen molar-refractivity contribution in [1.82, 2.24) is 10.2 Å². The SMILES string of the molecule is Cc1ccc(CN2CC(C(=O)NCC(N)c3ccccc3)CC2=O)cc1.Cl. The number of rotatable bonds is 6. The molecule has 2 aromatic carbocycles. The van der Waals surface area contributed by atoms with Gasteiger partial charge < -0.3 is 16.0 Å². The van der Waals surface area contributed by atoms with Crippen molar-refractivity contribution >= 4 is 24.2 Å². The quantitative estimate of drug-likeness (QED) is 0.799. The minimum Gasteiger partial charge on any atom is -0.354 e. The molecule has 0 bridgehead atoms. The summed E-state index contributed by atoms with van der Waals surface area (Å²) in [4.78, 5) is 26.4. The van der Waals surface area contributed by atoms with Crippen molar-refractivity contribution in [3.63, 3.8) is 0 Å². The highest BCUT2D eigenvalue weighted by atomic mass is 35.5. The molecule has 0 aliphatic carbocycles. The fraction of sp³-hybridized carbons (Fsp3) is 0.333. The lowest BCUT2D eigenvalue weighted by atomic mass is 10.1. The first kappa shape index (κ1) is 20.9. The van der Waals surface area contributed by atoms with E-state index in [2.05, 4.69) is 5.32 Å². The van der Waals surface area contributed by atoms with Gasteiger partial charge in [-0.1, -0.05) is 60.2 Å². The van der Waals surface area contributed by atoms with Crippen LogP contribution in [-0.4, -0.2) is 29.8 Å². The van der Waals surface area contributed by atoms with Crippen molar-refractivity contribution in [3.8, 4) is 0 Å². The van der Waals surface area contributed by atoms with E-state index >= 15 is 0 Å². The number of halogens is 1. The smallest absolute Gasteiger partial charge is 0.225 e. The van der Waals surface area contributed by atoms with E-state index in [1.807, 2.05) is 61.5 Å². The molecule has 2 aromatic rings. The molecule has 0 saturated carbocycles. The molecule has 1 fully saturated rings. The van der Waals surface area contributed by atoms with Gasteiger partial charge in [-0.3, -0.25) is 9.59 Å². The van der Waals surface area contributed by atoms with E-state index in [9.17, 15) is 9.59 Å². The number of aryl methyl sites for hydroxylation is 1. The van der Waals surface area contributed by atoms with Gasteiger partial charge in [0.1, 0.15) is 0 Å². The van der Waals surface area contributed by atoms with Crippen LogP contribution in [-0.2, 0) is 16.1 Å². The minimum absolute atomic E-state index is 0. The van der Waals surface area contributed by atoms with Gasteiger partial charge in [0.25, 0.3) is 0 Å². The molecule has 144 valence electrons. The van der Waals surface area contributed by atoms with E-state index in [0.29, 0.717) is 19.6 Å². The number of amides is 2. The Morgan fingerprint density at radius 1 is 1.19 bits per heavy atom. The number of hydrogen-bond donors (Lipinski definition) is 2. The number of likely N-dealkylation sites (tertiary alicyclic amines) is 1. The van der Waals surface area contributed by atoms with E-state index in [0.717, 1.165) is 11.1 Å². The third kappa shape index (κ3) is 5.55. The average molecular weight is 388 g/mol. The Morgan fingerprint density at radius 2 is 1.85 bits per heavy atom. The van der Waals surface area contributed by atoms with Gasteiger partial charge in [-0.05, 0) is 18.1 Å². The van der Waals surface area contributed by atoms with E-state index in [-0.39, 0.29) is 42.6 Å². The largest absolute Gasteiger partial charge is 0.354 e. The first-order valence-corrected chi connectivity index (χ1v) is 8.94. The lowest BCUT2D eigenvalue weighted by Gasteiger charge is -2.18. The summed E-state index contributed by atoms with van der Waals surface area (Å²) in [6.07, 6.45) is 0.262. The molecular formula is C21H26ClN3O2. The molecular weight excluding hydrogens is 362 g/mol. The summed E-state index contributed by atoms with van der Waals surface area (Å²) in [6.45, 7) is 3.41. The first-order valence-electron chi connectivity index (χ1n) is 8.94. The van der Waals surface area contributed by atoms with Crippen LogP contribution in [0.3, 0.4) is 0 Å². The Balaban J connectivity index is 0.00000261. The van der Waals surface area contributed by atoms with Crippen LogP contribution in [0.4, 0.5) is 0 Å². The first-order chi connectivity index (χ1) is 12.5. The van der Waals surface area contributed by atoms with Gasteiger partial charge in [-0.15, -0.1) is 12.4 Å². The fourth-order valence-electron chi connectivity index (χ4n) is 3.19. The predicted molar refractivity (Wildman–Crippen MR) is 108 cm³/mol. The van der Waals surface area contributed by atoms with Crippen molar-refractivity contribution in [2.75, 3.05) is 13.1 Å². The van der Waals surface area contributed by atoms with E-state index in [1.165, 1.54) is 5.56 Å². The molecule has 27 heavy (non-hydrogen) atoms. The van der Waals surface area contributed by atoms with Gasteiger partial charge >= 0.3 is 0 Å². The standard InChI is InChI=1S/C21H25N3O2.ClH/c1-15-7-9-16(10-8-15)13-24-14-18(11-20(24)25)21(26)23-12-19(22)17-5-3-2-4-6-17;/h2-10,18-19H,11-14,22H2,1H3,(H,23,26);1H. The third-order valence-corrected chi connectivity index (χ3v) is 4.80. The van der Waals surface area contributed by atoms with Crippen LogP contribution in [0.25, 0.3) is 0 Å². The summed E-state index contributed by atoms with van der Waals surface area (Å²) in [5.41, 5.74) is 9.37. The van der Waals surface area contributed by atoms with Crippen LogP contribution in [0, 0.1) is 12.8 Å². The molecule has 0 spiro atoms. The van der Waals surface area contributed by atoms with Gasteiger partial charge in [0.05, 0.1) is 5.92 Å². The van der Waals surface area contributed by atoms with Crippen LogP contribution in [0.1, 0.15) is 29.2 Å². The Bertz CT molecular complexity index is 765. The van der Waals surface area contributed by atoms with E-state index in [1.54, 1.807) is 4.90 Å². The van der Waals surface area contributed by atoms with Crippen LogP contribution in [0.15, 0.2) is 54.6 Å². The average Bonchev–Trinajstić information content (AvgIpc) is 3.02. The van der Waals surface area contributed by atoms with Crippen LogP contribution >= 0.6 is 12.4 Å². The zero-order chi connectivity index (χ0) is 18.5. The number of carbonyl (C=O) groups is 2. The summed E-state index contributed by atoms with van der Waals surface area (Å²) < 4.78 is 0. The molecule has 3 rings (SSSR count). The van der Waals surface area contributed by atoms with Crippen LogP contribution in [0.5, 0.6) is 0 Å². The maximum absolute atomic E-state index is 12.4. The summed E-state index contributed by atoms with van der Waals surface area (Å²) in [5, 5.41) is 2.89. The van der Waals surface area contributed by atoms with Gasteiger partial charge in [-0.2, -0.15) is 0 Å². The molecule has 3 N–H and O–H groups in total. The fourth-order valence-corrected chi connectivity index (χ4v) is 3.19. The normalized spacial score (nSPS) is 17.3. The van der Waals surface area contributed by atoms with Crippen molar-refractivity contribution in [2.24, 2.45) is 11.7 Å². The number of nitrogens with two attached hydrogens (primary N) is 1. The topological polar surface area (TPSA) is 75.4 Å². The molecule has 2 atom stereocenters. The van der Waals surface area contributed by atoms with Gasteiger partial charge in [0, 0.05) is 32.1 Å². The second-order valence-electron chi connectivity index (χ2n) is 6.92. The lowest BCUT2D eigenvalue weighted by Crippen LogP contribution is -2.37. The summed E-state index contributed by atoms with van der Waals surface area (Å²) in [7, 11) is 0. The number of carbonyl (C=O) groups excluding carboxylic acids is 2. The highest BCUT2D eigenvalue weighted by molar-refractivity contribution is 5.89. The molecule has 2 amide bonds. The van der Waals surface area contributed by atoms with E-state index in [4.69, 9.17) is 5.73 Å². The van der Waals surface area contributed by atoms with Crippen molar-refractivity contribution in [2.45, 2.75) is 25.9 Å². The van der Waals surface area contributed by atoms with Crippen molar-refractivity contribution < 1.29 is 9.59 Å².